The summed E-state index contributed by atoms with van der Waals surface area (Å²) in [6, 6.07) is 5.47. The highest BCUT2D eigenvalue weighted by Gasteiger charge is 2.32. The summed E-state index contributed by atoms with van der Waals surface area (Å²) in [6.07, 6.45) is 1.34. The Labute approximate surface area is 178 Å². The lowest BCUT2D eigenvalue weighted by Crippen LogP contribution is -2.47. The number of aromatic nitrogens is 2. The molecule has 1 heterocycles. The molecule has 28 heavy (non-hydrogen) atoms. The average molecular weight is 463 g/mol. The number of hydrogen-bond donors (Lipinski definition) is 1. The van der Waals surface area contributed by atoms with E-state index in [0.717, 1.165) is 20.7 Å². The van der Waals surface area contributed by atoms with Crippen LogP contribution < -0.4 is 9.62 Å². The predicted molar refractivity (Wildman–Crippen MR) is 117 cm³/mol. The van der Waals surface area contributed by atoms with Crippen molar-refractivity contribution in [3.8, 4) is 0 Å². The van der Waals surface area contributed by atoms with Crippen molar-refractivity contribution in [1.82, 2.24) is 10.2 Å². The molecule has 0 spiro atoms. The Hall–Kier alpha value is -1.36. The van der Waals surface area contributed by atoms with Gasteiger partial charge in [0.05, 0.1) is 11.9 Å². The summed E-state index contributed by atoms with van der Waals surface area (Å²) in [6.45, 7) is 5.97. The number of carbonyl (C=O) groups excluding carboxylic acids is 1. The van der Waals surface area contributed by atoms with Gasteiger partial charge in [-0.25, -0.2) is 8.42 Å². The van der Waals surface area contributed by atoms with Gasteiger partial charge in [-0.15, -0.1) is 10.2 Å². The maximum Gasteiger partial charge on any atom is 0.250 e. The number of thioether (sulfide) groups is 1. The molecule has 154 valence electrons. The number of sulfonamides is 1. The lowest BCUT2D eigenvalue weighted by Gasteiger charge is -2.29. The lowest BCUT2D eigenvalue weighted by molar-refractivity contribution is -0.117. The molecule has 11 heteroatoms. The number of halogens is 1. The van der Waals surface area contributed by atoms with Crippen LogP contribution in [0.25, 0.3) is 0 Å². The van der Waals surface area contributed by atoms with E-state index in [2.05, 4.69) is 29.4 Å². The standard InChI is InChI=1S/C17H23ClN4O3S3/c1-5-14(22(28(4,24)25)13-8-6-7-12(18)9-13)15(23)19-16-20-21-17(27-16)26-10-11(2)3/h6-9,11,14H,5,10H2,1-4H3,(H,19,20,23). The Balaban J connectivity index is 2.22. The van der Waals surface area contributed by atoms with Crippen LogP contribution in [0.4, 0.5) is 10.8 Å². The van der Waals surface area contributed by atoms with E-state index in [1.165, 1.54) is 17.4 Å². The van der Waals surface area contributed by atoms with Gasteiger partial charge in [-0.1, -0.05) is 61.5 Å². The van der Waals surface area contributed by atoms with Crippen LogP contribution in [0.2, 0.25) is 5.02 Å². The number of benzene rings is 1. The Morgan fingerprint density at radius 1 is 1.36 bits per heavy atom. The minimum atomic E-state index is -3.72. The Morgan fingerprint density at radius 3 is 2.64 bits per heavy atom. The van der Waals surface area contributed by atoms with Gasteiger partial charge in [-0.3, -0.25) is 14.4 Å². The number of nitrogens with one attached hydrogen (secondary N) is 1. The third-order valence-electron chi connectivity index (χ3n) is 3.57. The normalized spacial score (nSPS) is 12.8. The van der Waals surface area contributed by atoms with E-state index in [9.17, 15) is 13.2 Å². The molecule has 1 aromatic carbocycles. The number of carbonyl (C=O) groups is 1. The van der Waals surface area contributed by atoms with Crippen LogP contribution in [0, 0.1) is 5.92 Å². The smallest absolute Gasteiger partial charge is 0.250 e. The van der Waals surface area contributed by atoms with E-state index in [1.54, 1.807) is 36.9 Å². The minimum Gasteiger partial charge on any atom is -0.299 e. The summed E-state index contributed by atoms with van der Waals surface area (Å²) in [5.41, 5.74) is 0.336. The molecule has 0 aliphatic heterocycles. The van der Waals surface area contributed by atoms with Gasteiger partial charge in [0.15, 0.2) is 4.34 Å². The molecule has 1 N–H and O–H groups in total. The number of nitrogens with zero attached hydrogens (tertiary/aromatic N) is 3. The zero-order valence-electron chi connectivity index (χ0n) is 16.0. The first-order valence-electron chi connectivity index (χ1n) is 8.64. The van der Waals surface area contributed by atoms with Crippen LogP contribution in [-0.4, -0.2) is 42.6 Å². The summed E-state index contributed by atoms with van der Waals surface area (Å²) in [5.74, 6) is 0.943. The quantitative estimate of drug-likeness (QED) is 0.445. The van der Waals surface area contributed by atoms with Gasteiger partial charge in [0, 0.05) is 10.8 Å². The van der Waals surface area contributed by atoms with Crippen LogP contribution >= 0.6 is 34.7 Å². The van der Waals surface area contributed by atoms with Crippen molar-refractivity contribution in [2.75, 3.05) is 21.6 Å². The average Bonchev–Trinajstić information content (AvgIpc) is 3.03. The first kappa shape index (κ1) is 22.9. The highest BCUT2D eigenvalue weighted by Crippen LogP contribution is 2.29. The van der Waals surface area contributed by atoms with Crippen LogP contribution in [0.5, 0.6) is 0 Å². The van der Waals surface area contributed by atoms with Gasteiger partial charge < -0.3 is 0 Å². The molecule has 2 rings (SSSR count). The zero-order valence-corrected chi connectivity index (χ0v) is 19.3. The van der Waals surface area contributed by atoms with Crippen molar-refractivity contribution in [3.63, 3.8) is 0 Å². The van der Waals surface area contributed by atoms with E-state index in [4.69, 9.17) is 11.6 Å². The lowest BCUT2D eigenvalue weighted by atomic mass is 10.2. The third-order valence-corrected chi connectivity index (χ3v) is 7.38. The van der Waals surface area contributed by atoms with E-state index in [-0.39, 0.29) is 6.42 Å². The van der Waals surface area contributed by atoms with Gasteiger partial charge in [-0.2, -0.15) is 0 Å². The van der Waals surface area contributed by atoms with Crippen LogP contribution in [0.15, 0.2) is 28.6 Å². The maximum absolute atomic E-state index is 12.8. The second-order valence-electron chi connectivity index (χ2n) is 6.53. The molecule has 0 radical (unpaired) electrons. The fourth-order valence-electron chi connectivity index (χ4n) is 2.42. The highest BCUT2D eigenvalue weighted by molar-refractivity contribution is 8.01. The van der Waals surface area contributed by atoms with Crippen molar-refractivity contribution in [2.24, 2.45) is 5.92 Å². The van der Waals surface area contributed by atoms with Crippen LogP contribution in [-0.2, 0) is 14.8 Å². The molecule has 7 nitrogen and oxygen atoms in total. The number of hydrogen-bond acceptors (Lipinski definition) is 7. The monoisotopic (exact) mass is 462 g/mol. The largest absolute Gasteiger partial charge is 0.299 e. The number of rotatable bonds is 9. The van der Waals surface area contributed by atoms with Gasteiger partial charge in [0.1, 0.15) is 6.04 Å². The molecule has 1 atom stereocenters. The zero-order chi connectivity index (χ0) is 20.9. The van der Waals surface area contributed by atoms with E-state index in [1.807, 2.05) is 0 Å². The second-order valence-corrected chi connectivity index (χ2v) is 11.1. The fourth-order valence-corrected chi connectivity index (χ4v) is 5.54. The SMILES string of the molecule is CCC(C(=O)Nc1nnc(SCC(C)C)s1)N(c1cccc(Cl)c1)S(C)(=O)=O. The van der Waals surface area contributed by atoms with Gasteiger partial charge in [-0.05, 0) is 30.5 Å². The van der Waals surface area contributed by atoms with Crippen LogP contribution in [0.1, 0.15) is 27.2 Å². The molecule has 0 aliphatic rings. The molecule has 0 saturated heterocycles. The van der Waals surface area contributed by atoms with E-state index in [0.29, 0.717) is 21.8 Å². The van der Waals surface area contributed by atoms with E-state index < -0.39 is 22.0 Å². The molecule has 0 fully saturated rings. The summed E-state index contributed by atoms with van der Waals surface area (Å²) < 4.78 is 26.7. The maximum atomic E-state index is 12.8. The second kappa shape index (κ2) is 9.91. The van der Waals surface area contributed by atoms with Gasteiger partial charge >= 0.3 is 0 Å². The minimum absolute atomic E-state index is 0.277. The summed E-state index contributed by atoms with van der Waals surface area (Å²) in [4.78, 5) is 12.8. The molecule has 1 aromatic heterocycles. The van der Waals surface area contributed by atoms with Crippen molar-refractivity contribution in [1.29, 1.82) is 0 Å². The molecular weight excluding hydrogens is 440 g/mol. The molecular formula is C17H23ClN4O3S3. The Morgan fingerprint density at radius 2 is 2.07 bits per heavy atom. The van der Waals surface area contributed by atoms with Crippen molar-refractivity contribution in [2.45, 2.75) is 37.6 Å². The van der Waals surface area contributed by atoms with Crippen molar-refractivity contribution < 1.29 is 13.2 Å². The first-order valence-corrected chi connectivity index (χ1v) is 12.7. The molecule has 0 saturated carbocycles. The molecule has 0 aliphatic carbocycles. The van der Waals surface area contributed by atoms with E-state index >= 15 is 0 Å². The summed E-state index contributed by atoms with van der Waals surface area (Å²) in [7, 11) is -3.72. The molecule has 2 aromatic rings. The van der Waals surface area contributed by atoms with Crippen molar-refractivity contribution in [3.05, 3.63) is 29.3 Å². The Bertz CT molecular complexity index is 918. The Kier molecular flexibility index (Phi) is 8.11. The summed E-state index contributed by atoms with van der Waals surface area (Å²) in [5, 5.41) is 11.5. The summed E-state index contributed by atoms with van der Waals surface area (Å²) >= 11 is 8.85. The molecule has 1 amide bonds. The van der Waals surface area contributed by atoms with Crippen LogP contribution in [0.3, 0.4) is 0 Å². The fraction of sp³-hybridized carbons (Fsp3) is 0.471. The number of anilines is 2. The highest BCUT2D eigenvalue weighted by atomic mass is 35.5. The third kappa shape index (κ3) is 6.33. The van der Waals surface area contributed by atoms with Gasteiger partial charge in [0.25, 0.3) is 0 Å². The molecule has 1 unspecified atom stereocenters. The predicted octanol–water partition coefficient (Wildman–Crippen LogP) is 4.12. The number of amides is 1. The van der Waals surface area contributed by atoms with Gasteiger partial charge in [0.2, 0.25) is 21.1 Å². The molecule has 0 bridgehead atoms. The topological polar surface area (TPSA) is 92.3 Å². The first-order chi connectivity index (χ1) is 13.1. The van der Waals surface area contributed by atoms with Crippen molar-refractivity contribution >= 4 is 61.4 Å².